The fourth-order valence-corrected chi connectivity index (χ4v) is 4.25. The van der Waals surface area contributed by atoms with E-state index in [0.29, 0.717) is 23.1 Å². The zero-order valence-corrected chi connectivity index (χ0v) is 18.6. The standard InChI is InChI=1S/C27H23N3O4/c1-33-17-12-10-16(11-13-17)24-19(18-6-2-4-8-21(18)29-24)14-15-23(31)30-25-20-7-3-5-9-22(20)34-26(25)27(28)32/h2-13,29H,14-15H2,1H3,(H2,28,32)(H,30,31). The Balaban J connectivity index is 1.43. The number of fused-ring (bicyclic) bond motifs is 2. The van der Waals surface area contributed by atoms with Gasteiger partial charge in [0.1, 0.15) is 17.0 Å². The summed E-state index contributed by atoms with van der Waals surface area (Å²) in [7, 11) is 1.63. The first-order valence-electron chi connectivity index (χ1n) is 10.9. The van der Waals surface area contributed by atoms with E-state index >= 15 is 0 Å². The van der Waals surface area contributed by atoms with Gasteiger partial charge in [0.05, 0.1) is 7.11 Å². The van der Waals surface area contributed by atoms with Crippen molar-refractivity contribution < 1.29 is 18.7 Å². The number of hydrogen-bond donors (Lipinski definition) is 3. The number of primary amides is 1. The number of H-pyrrole nitrogens is 1. The van der Waals surface area contributed by atoms with Gasteiger partial charge in [0.2, 0.25) is 11.7 Å². The smallest absolute Gasteiger partial charge is 0.286 e. The second-order valence-electron chi connectivity index (χ2n) is 7.97. The topological polar surface area (TPSA) is 110 Å². The van der Waals surface area contributed by atoms with Gasteiger partial charge in [0.15, 0.2) is 0 Å². The lowest BCUT2D eigenvalue weighted by molar-refractivity contribution is -0.116. The third kappa shape index (κ3) is 3.88. The van der Waals surface area contributed by atoms with E-state index in [9.17, 15) is 9.59 Å². The number of carbonyl (C=O) groups excluding carboxylic acids is 2. The number of methoxy groups -OCH3 is 1. The van der Waals surface area contributed by atoms with Crippen LogP contribution in [0.4, 0.5) is 5.69 Å². The highest BCUT2D eigenvalue weighted by molar-refractivity contribution is 6.10. The quantitative estimate of drug-likeness (QED) is 0.312. The SMILES string of the molecule is COc1ccc(-c2[nH]c3ccccc3c2CCC(=O)Nc2c(C(N)=O)oc3ccccc23)cc1. The fraction of sp³-hybridized carbons (Fsp3) is 0.111. The summed E-state index contributed by atoms with van der Waals surface area (Å²) in [4.78, 5) is 28.3. The van der Waals surface area contributed by atoms with Crippen LogP contribution in [0.2, 0.25) is 0 Å². The zero-order valence-electron chi connectivity index (χ0n) is 18.6. The lowest BCUT2D eigenvalue weighted by Crippen LogP contribution is -2.17. The highest BCUT2D eigenvalue weighted by Gasteiger charge is 2.21. The van der Waals surface area contributed by atoms with Gasteiger partial charge < -0.3 is 25.2 Å². The Morgan fingerprint density at radius 1 is 0.971 bits per heavy atom. The molecule has 7 heteroatoms. The summed E-state index contributed by atoms with van der Waals surface area (Å²) < 4.78 is 10.8. The highest BCUT2D eigenvalue weighted by Crippen LogP contribution is 2.33. The summed E-state index contributed by atoms with van der Waals surface area (Å²) in [6.45, 7) is 0. The number of aromatic nitrogens is 1. The van der Waals surface area contributed by atoms with E-state index in [2.05, 4.69) is 10.3 Å². The number of hydrogen-bond acceptors (Lipinski definition) is 4. The predicted octanol–water partition coefficient (Wildman–Crippen LogP) is 5.26. The maximum Gasteiger partial charge on any atom is 0.286 e. The minimum absolute atomic E-state index is 0.0550. The Morgan fingerprint density at radius 2 is 1.68 bits per heavy atom. The number of nitrogens with two attached hydrogens (primary N) is 1. The van der Waals surface area contributed by atoms with Crippen LogP contribution in [0.15, 0.2) is 77.2 Å². The Bertz CT molecular complexity index is 1510. The van der Waals surface area contributed by atoms with Gasteiger partial charge in [-0.1, -0.05) is 30.3 Å². The molecule has 2 amide bonds. The van der Waals surface area contributed by atoms with Gasteiger partial charge in [-0.15, -0.1) is 0 Å². The molecule has 170 valence electrons. The monoisotopic (exact) mass is 453 g/mol. The van der Waals surface area contributed by atoms with Crippen molar-refractivity contribution in [2.75, 3.05) is 12.4 Å². The zero-order chi connectivity index (χ0) is 23.7. The number of furan rings is 1. The molecule has 0 radical (unpaired) electrons. The molecule has 4 N–H and O–H groups in total. The van der Waals surface area contributed by atoms with Crippen LogP contribution < -0.4 is 15.8 Å². The summed E-state index contributed by atoms with van der Waals surface area (Å²) in [5.74, 6) is -0.246. The van der Waals surface area contributed by atoms with Crippen LogP contribution in [0.1, 0.15) is 22.5 Å². The molecule has 0 bridgehead atoms. The molecule has 5 aromatic rings. The average Bonchev–Trinajstić information content (AvgIpc) is 3.41. The molecule has 5 rings (SSSR count). The maximum atomic E-state index is 13.0. The van der Waals surface area contributed by atoms with Crippen LogP contribution in [0.3, 0.4) is 0 Å². The van der Waals surface area contributed by atoms with Crippen molar-refractivity contribution in [2.45, 2.75) is 12.8 Å². The predicted molar refractivity (Wildman–Crippen MR) is 132 cm³/mol. The number of aromatic amines is 1. The van der Waals surface area contributed by atoms with Crippen LogP contribution in [-0.2, 0) is 11.2 Å². The number of amides is 2. The van der Waals surface area contributed by atoms with Crippen LogP contribution in [0.25, 0.3) is 33.1 Å². The third-order valence-electron chi connectivity index (χ3n) is 5.88. The van der Waals surface area contributed by atoms with Crippen molar-refractivity contribution in [3.8, 4) is 17.0 Å². The van der Waals surface area contributed by atoms with Crippen molar-refractivity contribution in [1.29, 1.82) is 0 Å². The van der Waals surface area contributed by atoms with Crippen molar-refractivity contribution in [2.24, 2.45) is 5.73 Å². The molecule has 0 spiro atoms. The lowest BCUT2D eigenvalue weighted by atomic mass is 10.0. The molecular weight excluding hydrogens is 430 g/mol. The lowest BCUT2D eigenvalue weighted by Gasteiger charge is -2.08. The summed E-state index contributed by atoms with van der Waals surface area (Å²) in [6, 6.07) is 22.9. The van der Waals surface area contributed by atoms with Crippen molar-refractivity contribution in [3.63, 3.8) is 0 Å². The number of anilines is 1. The largest absolute Gasteiger partial charge is 0.497 e. The number of carbonyl (C=O) groups is 2. The van der Waals surface area contributed by atoms with Crippen molar-refractivity contribution in [1.82, 2.24) is 4.98 Å². The number of aryl methyl sites for hydroxylation is 1. The van der Waals surface area contributed by atoms with E-state index in [0.717, 1.165) is 33.5 Å². The minimum Gasteiger partial charge on any atom is -0.497 e. The van der Waals surface area contributed by atoms with Crippen LogP contribution in [0, 0.1) is 0 Å². The second kappa shape index (κ2) is 8.78. The normalized spacial score (nSPS) is 11.1. The Hall–Kier alpha value is -4.52. The Morgan fingerprint density at radius 3 is 2.41 bits per heavy atom. The summed E-state index contributed by atoms with van der Waals surface area (Å²) in [5.41, 5.74) is 10.3. The van der Waals surface area contributed by atoms with Crippen molar-refractivity contribution in [3.05, 3.63) is 84.1 Å². The molecule has 0 aliphatic carbocycles. The summed E-state index contributed by atoms with van der Waals surface area (Å²) >= 11 is 0. The van der Waals surface area contributed by atoms with Gasteiger partial charge in [0.25, 0.3) is 5.91 Å². The summed E-state index contributed by atoms with van der Waals surface area (Å²) in [5, 5.41) is 4.54. The van der Waals surface area contributed by atoms with E-state index in [4.69, 9.17) is 14.9 Å². The molecule has 3 aromatic carbocycles. The number of ether oxygens (including phenoxy) is 1. The first-order chi connectivity index (χ1) is 16.5. The Labute approximate surface area is 195 Å². The number of rotatable bonds is 7. The van der Waals surface area contributed by atoms with Crippen LogP contribution in [0.5, 0.6) is 5.75 Å². The number of para-hydroxylation sites is 2. The Kier molecular flexibility index (Phi) is 5.51. The van der Waals surface area contributed by atoms with Gasteiger partial charge in [-0.05, 0) is 60.0 Å². The minimum atomic E-state index is -0.732. The second-order valence-corrected chi connectivity index (χ2v) is 7.97. The molecular formula is C27H23N3O4. The van der Waals surface area contributed by atoms with E-state index < -0.39 is 5.91 Å². The van der Waals surface area contributed by atoms with E-state index in [-0.39, 0.29) is 18.1 Å². The van der Waals surface area contributed by atoms with Crippen molar-refractivity contribution >= 4 is 39.4 Å². The van der Waals surface area contributed by atoms with Gasteiger partial charge >= 0.3 is 0 Å². The van der Waals surface area contributed by atoms with E-state index in [1.54, 1.807) is 25.3 Å². The first kappa shape index (κ1) is 21.3. The molecule has 0 aliphatic heterocycles. The molecule has 34 heavy (non-hydrogen) atoms. The number of nitrogens with one attached hydrogen (secondary N) is 2. The first-order valence-corrected chi connectivity index (χ1v) is 10.9. The highest BCUT2D eigenvalue weighted by atomic mass is 16.5. The molecule has 0 fully saturated rings. The van der Waals surface area contributed by atoms with E-state index in [1.165, 1.54) is 0 Å². The summed E-state index contributed by atoms with van der Waals surface area (Å²) in [6.07, 6.45) is 0.710. The molecule has 0 saturated carbocycles. The maximum absolute atomic E-state index is 13.0. The van der Waals surface area contributed by atoms with Gasteiger partial charge in [-0.25, -0.2) is 0 Å². The molecule has 0 atom stereocenters. The van der Waals surface area contributed by atoms with Crippen LogP contribution >= 0.6 is 0 Å². The van der Waals surface area contributed by atoms with Gasteiger partial charge in [0, 0.05) is 28.4 Å². The molecule has 0 unspecified atom stereocenters. The average molecular weight is 453 g/mol. The van der Waals surface area contributed by atoms with Gasteiger partial charge in [-0.3, -0.25) is 9.59 Å². The molecule has 7 nitrogen and oxygen atoms in total. The molecule has 2 aromatic heterocycles. The number of benzene rings is 3. The third-order valence-corrected chi connectivity index (χ3v) is 5.88. The molecule has 0 saturated heterocycles. The molecule has 2 heterocycles. The van der Waals surface area contributed by atoms with E-state index in [1.807, 2.05) is 54.6 Å². The fourth-order valence-electron chi connectivity index (χ4n) is 4.25. The molecule has 0 aliphatic rings. The van der Waals surface area contributed by atoms with Crippen LogP contribution in [-0.4, -0.2) is 23.9 Å². The van der Waals surface area contributed by atoms with Gasteiger partial charge in [-0.2, -0.15) is 0 Å².